The van der Waals surface area contributed by atoms with Crippen molar-refractivity contribution >= 4 is 34.2 Å². The van der Waals surface area contributed by atoms with Crippen molar-refractivity contribution in [1.29, 1.82) is 0 Å². The Labute approximate surface area is 149 Å². The molecule has 3 rings (SSSR count). The van der Waals surface area contributed by atoms with Crippen LogP contribution in [0.15, 0.2) is 30.5 Å². The number of thiazole rings is 1. The predicted octanol–water partition coefficient (Wildman–Crippen LogP) is 2.52. The molecular weight excluding hydrogens is 338 g/mol. The number of nitrogens with zero attached hydrogens (tertiary/aromatic N) is 2. The van der Waals surface area contributed by atoms with E-state index in [1.165, 1.54) is 22.5 Å². The van der Waals surface area contributed by atoms with Crippen molar-refractivity contribution in [1.82, 2.24) is 9.88 Å². The molecule has 0 saturated carbocycles. The molecule has 0 radical (unpaired) electrons. The lowest BCUT2D eigenvalue weighted by atomic mass is 10.1. The number of likely N-dealkylation sites (tertiary alicyclic amines) is 1. The highest BCUT2D eigenvalue weighted by atomic mass is 32.1. The highest BCUT2D eigenvalue weighted by Gasteiger charge is 2.28. The van der Waals surface area contributed by atoms with Crippen molar-refractivity contribution in [2.24, 2.45) is 0 Å². The van der Waals surface area contributed by atoms with Gasteiger partial charge in [-0.15, -0.1) is 11.3 Å². The Morgan fingerprint density at radius 3 is 2.76 bits per heavy atom. The van der Waals surface area contributed by atoms with Crippen LogP contribution < -0.4 is 5.32 Å². The molecule has 1 aromatic carbocycles. The van der Waals surface area contributed by atoms with Crippen molar-refractivity contribution in [3.63, 3.8) is 0 Å². The number of benzene rings is 1. The van der Waals surface area contributed by atoms with E-state index in [0.29, 0.717) is 5.13 Å². The normalized spacial score (nSPS) is 14.2. The number of imide groups is 1. The number of aromatic nitrogens is 1. The van der Waals surface area contributed by atoms with E-state index in [0.717, 1.165) is 16.2 Å². The van der Waals surface area contributed by atoms with Gasteiger partial charge in [-0.3, -0.25) is 19.3 Å². The SMILES string of the molecule is Cc1cccc(Cc2cnc(NC(=O)CCN3C(=O)CCC3=O)s2)c1. The Balaban J connectivity index is 1.51. The maximum Gasteiger partial charge on any atom is 0.229 e. The van der Waals surface area contributed by atoms with Crippen LogP contribution in [0, 0.1) is 6.92 Å². The van der Waals surface area contributed by atoms with Crippen LogP contribution in [0.4, 0.5) is 5.13 Å². The predicted molar refractivity (Wildman–Crippen MR) is 95.3 cm³/mol. The molecule has 1 saturated heterocycles. The average Bonchev–Trinajstić information content (AvgIpc) is 3.12. The number of nitrogens with one attached hydrogen (secondary N) is 1. The van der Waals surface area contributed by atoms with Crippen molar-refractivity contribution in [3.8, 4) is 0 Å². The minimum Gasteiger partial charge on any atom is -0.302 e. The third-order valence-corrected chi connectivity index (χ3v) is 4.89. The maximum atomic E-state index is 12.0. The molecule has 1 fully saturated rings. The van der Waals surface area contributed by atoms with Crippen LogP contribution in [0.3, 0.4) is 0 Å². The molecule has 7 heteroatoms. The summed E-state index contributed by atoms with van der Waals surface area (Å²) in [5.74, 6) is -0.649. The summed E-state index contributed by atoms with van der Waals surface area (Å²) in [5, 5.41) is 3.27. The number of carbonyl (C=O) groups is 3. The topological polar surface area (TPSA) is 79.4 Å². The molecule has 3 amide bonds. The second-order valence-electron chi connectivity index (χ2n) is 6.03. The molecule has 0 aliphatic carbocycles. The van der Waals surface area contributed by atoms with Crippen LogP contribution in [0.2, 0.25) is 0 Å². The maximum absolute atomic E-state index is 12.0. The first kappa shape index (κ1) is 17.3. The molecule has 6 nitrogen and oxygen atoms in total. The molecule has 2 aromatic rings. The van der Waals surface area contributed by atoms with E-state index in [4.69, 9.17) is 0 Å². The largest absolute Gasteiger partial charge is 0.302 e. The van der Waals surface area contributed by atoms with E-state index in [2.05, 4.69) is 35.4 Å². The van der Waals surface area contributed by atoms with Gasteiger partial charge in [-0.2, -0.15) is 0 Å². The van der Waals surface area contributed by atoms with Gasteiger partial charge in [0.1, 0.15) is 0 Å². The molecule has 0 bridgehead atoms. The van der Waals surface area contributed by atoms with Crippen molar-refractivity contribution in [3.05, 3.63) is 46.5 Å². The zero-order valence-corrected chi connectivity index (χ0v) is 14.8. The minimum atomic E-state index is -0.246. The minimum absolute atomic E-state index is 0.0876. The van der Waals surface area contributed by atoms with E-state index < -0.39 is 0 Å². The quantitative estimate of drug-likeness (QED) is 0.806. The summed E-state index contributed by atoms with van der Waals surface area (Å²) in [5.41, 5.74) is 2.41. The zero-order valence-electron chi connectivity index (χ0n) is 13.9. The van der Waals surface area contributed by atoms with Gasteiger partial charge in [0.15, 0.2) is 5.13 Å². The number of carbonyl (C=O) groups excluding carboxylic acids is 3. The summed E-state index contributed by atoms with van der Waals surface area (Å²) in [4.78, 5) is 41.5. The number of hydrogen-bond acceptors (Lipinski definition) is 5. The van der Waals surface area contributed by atoms with Gasteiger partial charge in [-0.1, -0.05) is 29.8 Å². The molecule has 0 atom stereocenters. The van der Waals surface area contributed by atoms with Crippen LogP contribution in [0.25, 0.3) is 0 Å². The van der Waals surface area contributed by atoms with Crippen molar-refractivity contribution in [2.75, 3.05) is 11.9 Å². The molecule has 1 aliphatic heterocycles. The van der Waals surface area contributed by atoms with Gasteiger partial charge in [0.25, 0.3) is 0 Å². The Hall–Kier alpha value is -2.54. The van der Waals surface area contributed by atoms with E-state index in [9.17, 15) is 14.4 Å². The summed E-state index contributed by atoms with van der Waals surface area (Å²) < 4.78 is 0. The second-order valence-corrected chi connectivity index (χ2v) is 7.15. The van der Waals surface area contributed by atoms with Crippen LogP contribution in [-0.2, 0) is 20.8 Å². The highest BCUT2D eigenvalue weighted by molar-refractivity contribution is 7.15. The number of aryl methyl sites for hydroxylation is 1. The van der Waals surface area contributed by atoms with E-state index >= 15 is 0 Å². The Morgan fingerprint density at radius 1 is 1.28 bits per heavy atom. The van der Waals surface area contributed by atoms with E-state index in [-0.39, 0.29) is 43.5 Å². The third kappa shape index (κ3) is 4.51. The van der Waals surface area contributed by atoms with Gasteiger partial charge >= 0.3 is 0 Å². The molecule has 2 heterocycles. The standard InChI is InChI=1S/C18H19N3O3S/c1-12-3-2-4-13(9-12)10-14-11-19-18(25-14)20-15(22)7-8-21-16(23)5-6-17(21)24/h2-4,9,11H,5-8,10H2,1H3,(H,19,20,22). The zero-order chi connectivity index (χ0) is 17.8. The van der Waals surface area contributed by atoms with E-state index in [1.54, 1.807) is 6.20 Å². The monoisotopic (exact) mass is 357 g/mol. The Bertz CT molecular complexity index is 799. The van der Waals surface area contributed by atoms with E-state index in [1.807, 2.05) is 6.07 Å². The van der Waals surface area contributed by atoms with Crippen LogP contribution in [0.1, 0.15) is 35.3 Å². The molecule has 25 heavy (non-hydrogen) atoms. The third-order valence-electron chi connectivity index (χ3n) is 3.98. The molecule has 0 spiro atoms. The van der Waals surface area contributed by atoms with Gasteiger partial charge in [-0.25, -0.2) is 4.98 Å². The fourth-order valence-corrected chi connectivity index (χ4v) is 3.60. The van der Waals surface area contributed by atoms with Crippen molar-refractivity contribution < 1.29 is 14.4 Å². The average molecular weight is 357 g/mol. The summed E-state index contributed by atoms with van der Waals surface area (Å²) >= 11 is 1.43. The van der Waals surface area contributed by atoms with Gasteiger partial charge < -0.3 is 5.32 Å². The smallest absolute Gasteiger partial charge is 0.229 e. The molecular formula is C18H19N3O3S. The lowest BCUT2D eigenvalue weighted by Gasteiger charge is -2.12. The molecule has 130 valence electrons. The van der Waals surface area contributed by atoms with Crippen molar-refractivity contribution in [2.45, 2.75) is 32.6 Å². The Kier molecular flexibility index (Phi) is 5.23. The number of amides is 3. The number of rotatable bonds is 6. The first-order chi connectivity index (χ1) is 12.0. The summed E-state index contributed by atoms with van der Waals surface area (Å²) in [6, 6.07) is 8.27. The Morgan fingerprint density at radius 2 is 2.04 bits per heavy atom. The van der Waals surface area contributed by atoms with Gasteiger partial charge in [0.05, 0.1) is 0 Å². The summed E-state index contributed by atoms with van der Waals surface area (Å²) in [6.07, 6.45) is 3.11. The molecule has 1 N–H and O–H groups in total. The van der Waals surface area contributed by atoms with Crippen LogP contribution in [-0.4, -0.2) is 34.2 Å². The fraction of sp³-hybridized carbons (Fsp3) is 0.333. The second kappa shape index (κ2) is 7.57. The number of hydrogen-bond donors (Lipinski definition) is 1. The van der Waals surface area contributed by atoms with Gasteiger partial charge in [0.2, 0.25) is 17.7 Å². The molecule has 0 unspecified atom stereocenters. The lowest BCUT2D eigenvalue weighted by molar-refractivity contribution is -0.138. The van der Waals surface area contributed by atoms with Crippen LogP contribution in [0.5, 0.6) is 0 Å². The first-order valence-electron chi connectivity index (χ1n) is 8.14. The fourth-order valence-electron chi connectivity index (χ4n) is 2.74. The lowest BCUT2D eigenvalue weighted by Crippen LogP contribution is -2.32. The summed E-state index contributed by atoms with van der Waals surface area (Å²) in [6.45, 7) is 2.18. The van der Waals surface area contributed by atoms with Gasteiger partial charge in [-0.05, 0) is 12.5 Å². The molecule has 1 aliphatic rings. The van der Waals surface area contributed by atoms with Gasteiger partial charge in [0, 0.05) is 43.3 Å². The molecule has 1 aromatic heterocycles. The highest BCUT2D eigenvalue weighted by Crippen LogP contribution is 2.22. The first-order valence-corrected chi connectivity index (χ1v) is 8.96. The number of anilines is 1. The van der Waals surface area contributed by atoms with Crippen LogP contribution >= 0.6 is 11.3 Å². The summed E-state index contributed by atoms with van der Waals surface area (Å²) in [7, 11) is 0.